The first-order valence-electron chi connectivity index (χ1n) is 12.2. The second-order valence-corrected chi connectivity index (χ2v) is 9.29. The third-order valence-corrected chi connectivity index (χ3v) is 6.42. The van der Waals surface area contributed by atoms with Crippen molar-refractivity contribution in [3.8, 4) is 11.8 Å². The minimum absolute atomic E-state index is 0.0648. The summed E-state index contributed by atoms with van der Waals surface area (Å²) >= 11 is 0. The molecule has 198 valence electrons. The average Bonchev–Trinajstić information content (AvgIpc) is 3.33. The highest BCUT2D eigenvalue weighted by molar-refractivity contribution is 6.04. The number of carbonyl (C=O) groups is 1. The van der Waals surface area contributed by atoms with E-state index in [0.717, 1.165) is 18.2 Å². The number of amides is 1. The van der Waals surface area contributed by atoms with E-state index in [4.69, 9.17) is 0 Å². The molecule has 0 atom stereocenters. The maximum atomic E-state index is 13.9. The Labute approximate surface area is 223 Å². The van der Waals surface area contributed by atoms with Gasteiger partial charge in [0.25, 0.3) is 5.91 Å². The second-order valence-electron chi connectivity index (χ2n) is 9.29. The summed E-state index contributed by atoms with van der Waals surface area (Å²) < 4.78 is 43.4. The lowest BCUT2D eigenvalue weighted by atomic mass is 10.0. The molecule has 0 fully saturated rings. The highest BCUT2D eigenvalue weighted by atomic mass is 19.4. The van der Waals surface area contributed by atoms with Gasteiger partial charge in [-0.25, -0.2) is 9.50 Å². The Balaban J connectivity index is 1.36. The fourth-order valence-electron chi connectivity index (χ4n) is 4.20. The van der Waals surface area contributed by atoms with Crippen LogP contribution in [0.15, 0.2) is 73.3 Å². The van der Waals surface area contributed by atoms with Crippen LogP contribution in [-0.4, -0.2) is 50.4 Å². The van der Waals surface area contributed by atoms with E-state index in [1.807, 2.05) is 36.0 Å². The van der Waals surface area contributed by atoms with Crippen molar-refractivity contribution in [1.29, 1.82) is 0 Å². The number of hydrogen-bond acceptors (Lipinski definition) is 5. The molecule has 3 heterocycles. The van der Waals surface area contributed by atoms with Crippen molar-refractivity contribution in [3.63, 3.8) is 0 Å². The first kappa shape index (κ1) is 25.9. The molecule has 0 spiro atoms. The van der Waals surface area contributed by atoms with Crippen LogP contribution in [0.5, 0.6) is 0 Å². The minimum atomic E-state index is -4.56. The number of anilines is 1. The van der Waals surface area contributed by atoms with E-state index >= 15 is 0 Å². The summed E-state index contributed by atoms with van der Waals surface area (Å²) in [7, 11) is 1.91. The Morgan fingerprint density at radius 1 is 1.08 bits per heavy atom. The average molecular weight is 531 g/mol. The molecule has 2 aromatic heterocycles. The van der Waals surface area contributed by atoms with Gasteiger partial charge in [-0.05, 0) is 60.4 Å². The van der Waals surface area contributed by atoms with Crippen LogP contribution in [0.25, 0.3) is 5.65 Å². The quantitative estimate of drug-likeness (QED) is 0.379. The Morgan fingerprint density at radius 3 is 2.69 bits per heavy atom. The number of aromatic nitrogens is 3. The van der Waals surface area contributed by atoms with E-state index in [-0.39, 0.29) is 23.4 Å². The molecular weight excluding hydrogens is 505 g/mol. The number of benzene rings is 2. The molecule has 0 aliphatic carbocycles. The zero-order chi connectivity index (χ0) is 27.6. The van der Waals surface area contributed by atoms with Crippen LogP contribution in [0.4, 0.5) is 18.9 Å². The number of likely N-dealkylation sites (N-methyl/N-ethyl adjacent to an activating group) is 1. The standard InChI is InChI=1S/C29H25F3N6O/c1-20-5-6-22(16-21(20)8-10-25-18-33-27-4-3-11-34-38(25)27)28(39)35-24-9-7-23(26(17-24)29(30,31)32)19-37-14-12-36(2)13-15-37/h3-7,9,11-12,14,16-18H,13,15,19H2,1-2H3,(H,35,39). The predicted molar refractivity (Wildman–Crippen MR) is 142 cm³/mol. The molecule has 0 bridgehead atoms. The van der Waals surface area contributed by atoms with Gasteiger partial charge in [-0.3, -0.25) is 4.79 Å². The fraction of sp³-hybridized carbons (Fsp3) is 0.207. The van der Waals surface area contributed by atoms with Gasteiger partial charge in [0.2, 0.25) is 0 Å². The number of nitrogens with one attached hydrogen (secondary N) is 1. The van der Waals surface area contributed by atoms with E-state index < -0.39 is 17.6 Å². The van der Waals surface area contributed by atoms with Crippen LogP contribution in [0.2, 0.25) is 0 Å². The number of halogens is 3. The third-order valence-electron chi connectivity index (χ3n) is 6.42. The number of aryl methyl sites for hydroxylation is 1. The van der Waals surface area contributed by atoms with E-state index in [0.29, 0.717) is 23.4 Å². The first-order chi connectivity index (χ1) is 18.7. The van der Waals surface area contributed by atoms with Gasteiger partial charge in [0.1, 0.15) is 5.69 Å². The zero-order valence-electron chi connectivity index (χ0n) is 21.3. The summed E-state index contributed by atoms with van der Waals surface area (Å²) in [5.41, 5.74) is 2.43. The van der Waals surface area contributed by atoms with E-state index in [9.17, 15) is 18.0 Å². The summed E-state index contributed by atoms with van der Waals surface area (Å²) in [6.45, 7) is 3.33. The number of nitrogens with zero attached hydrogens (tertiary/aromatic N) is 5. The molecule has 10 heteroatoms. The molecule has 39 heavy (non-hydrogen) atoms. The van der Waals surface area contributed by atoms with Gasteiger partial charge >= 0.3 is 6.18 Å². The van der Waals surface area contributed by atoms with Crippen molar-refractivity contribution in [2.45, 2.75) is 19.6 Å². The lowest BCUT2D eigenvalue weighted by Gasteiger charge is -2.29. The molecule has 0 radical (unpaired) electrons. The van der Waals surface area contributed by atoms with Gasteiger partial charge < -0.3 is 15.1 Å². The molecule has 0 saturated heterocycles. The van der Waals surface area contributed by atoms with Crippen LogP contribution in [0.1, 0.15) is 38.3 Å². The predicted octanol–water partition coefficient (Wildman–Crippen LogP) is 4.93. The molecule has 7 nitrogen and oxygen atoms in total. The van der Waals surface area contributed by atoms with Gasteiger partial charge in [-0.15, -0.1) is 0 Å². The highest BCUT2D eigenvalue weighted by Crippen LogP contribution is 2.35. The molecule has 0 unspecified atom stereocenters. The monoisotopic (exact) mass is 530 g/mol. The Morgan fingerprint density at radius 2 is 1.92 bits per heavy atom. The van der Waals surface area contributed by atoms with Gasteiger partial charge in [-0.1, -0.05) is 18.1 Å². The van der Waals surface area contributed by atoms with Crippen LogP contribution >= 0.6 is 0 Å². The van der Waals surface area contributed by atoms with Crippen molar-refractivity contribution in [2.75, 3.05) is 25.5 Å². The summed E-state index contributed by atoms with van der Waals surface area (Å²) in [5.74, 6) is 5.55. The number of fused-ring (bicyclic) bond motifs is 1. The maximum absolute atomic E-state index is 13.9. The van der Waals surface area contributed by atoms with Gasteiger partial charge in [0.05, 0.1) is 11.8 Å². The highest BCUT2D eigenvalue weighted by Gasteiger charge is 2.34. The fourth-order valence-corrected chi connectivity index (χ4v) is 4.20. The molecule has 1 aliphatic rings. The van der Waals surface area contributed by atoms with E-state index in [2.05, 4.69) is 27.2 Å². The number of rotatable bonds is 4. The molecule has 5 rings (SSSR count). The molecule has 0 saturated carbocycles. The zero-order valence-corrected chi connectivity index (χ0v) is 21.3. The number of hydrogen-bond donors (Lipinski definition) is 1. The summed E-state index contributed by atoms with van der Waals surface area (Å²) in [6, 6.07) is 12.5. The van der Waals surface area contributed by atoms with E-state index in [1.54, 1.807) is 47.4 Å². The smallest absolute Gasteiger partial charge is 0.377 e. The number of carbonyl (C=O) groups excluding carboxylic acids is 1. The summed E-state index contributed by atoms with van der Waals surface area (Å²) in [6.07, 6.45) is 2.30. The topological polar surface area (TPSA) is 65.8 Å². The van der Waals surface area contributed by atoms with Crippen molar-refractivity contribution < 1.29 is 18.0 Å². The summed E-state index contributed by atoms with van der Waals surface area (Å²) in [5, 5.41) is 6.84. The van der Waals surface area contributed by atoms with Crippen LogP contribution in [0, 0.1) is 18.8 Å². The third kappa shape index (κ3) is 5.88. The Hall–Kier alpha value is -4.78. The molecule has 1 amide bonds. The molecule has 1 N–H and O–H groups in total. The normalized spacial score (nSPS) is 13.4. The number of alkyl halides is 3. The van der Waals surface area contributed by atoms with Gasteiger partial charge in [0.15, 0.2) is 5.65 Å². The van der Waals surface area contributed by atoms with Crippen LogP contribution < -0.4 is 5.32 Å². The van der Waals surface area contributed by atoms with Crippen molar-refractivity contribution >= 4 is 17.2 Å². The van der Waals surface area contributed by atoms with Crippen molar-refractivity contribution in [2.24, 2.45) is 0 Å². The van der Waals surface area contributed by atoms with E-state index in [1.165, 1.54) is 12.1 Å². The molecule has 4 aromatic rings. The molecular formula is C29H25F3N6O. The Bertz CT molecular complexity index is 1630. The lowest BCUT2D eigenvalue weighted by Crippen LogP contribution is -2.32. The minimum Gasteiger partial charge on any atom is -0.377 e. The second kappa shape index (κ2) is 10.5. The summed E-state index contributed by atoms with van der Waals surface area (Å²) in [4.78, 5) is 21.1. The SMILES string of the molecule is Cc1ccc(C(=O)Nc2ccc(CN3C=CN(C)CC3)c(C(F)(F)F)c2)cc1C#Cc1cnc2cccnn12. The first-order valence-corrected chi connectivity index (χ1v) is 12.2. The number of imidazole rings is 1. The maximum Gasteiger partial charge on any atom is 0.416 e. The molecule has 2 aromatic carbocycles. The van der Waals surface area contributed by atoms with Crippen molar-refractivity contribution in [1.82, 2.24) is 24.4 Å². The Kier molecular flexibility index (Phi) is 6.98. The largest absolute Gasteiger partial charge is 0.416 e. The van der Waals surface area contributed by atoms with Gasteiger partial charge in [0, 0.05) is 62.1 Å². The lowest BCUT2D eigenvalue weighted by molar-refractivity contribution is -0.138. The van der Waals surface area contributed by atoms with Crippen molar-refractivity contribution in [3.05, 3.63) is 107 Å². The van der Waals surface area contributed by atoms with Crippen LogP contribution in [0.3, 0.4) is 0 Å². The molecule has 1 aliphatic heterocycles. The van der Waals surface area contributed by atoms with Gasteiger partial charge in [-0.2, -0.15) is 18.3 Å². The van der Waals surface area contributed by atoms with Crippen LogP contribution in [-0.2, 0) is 12.7 Å².